The molecule has 1 amide bonds. The number of fused-ring (bicyclic) bond motifs is 1. The molecule has 4 rings (SSSR count). The average Bonchev–Trinajstić information content (AvgIpc) is 3.07. The van der Waals surface area contributed by atoms with E-state index in [1.54, 1.807) is 55.7 Å². The molecule has 2 aromatic rings. The van der Waals surface area contributed by atoms with Gasteiger partial charge in [-0.3, -0.25) is 19.7 Å². The van der Waals surface area contributed by atoms with Crippen molar-refractivity contribution in [1.29, 1.82) is 0 Å². The van der Waals surface area contributed by atoms with Crippen molar-refractivity contribution in [3.63, 3.8) is 0 Å². The third kappa shape index (κ3) is 3.44. The lowest BCUT2D eigenvalue weighted by Gasteiger charge is -2.23. The first-order valence-corrected chi connectivity index (χ1v) is 8.92. The number of rotatable bonds is 4. The van der Waals surface area contributed by atoms with Crippen molar-refractivity contribution in [3.05, 3.63) is 77.5 Å². The molecule has 29 heavy (non-hydrogen) atoms. The number of likely N-dealkylation sites (N-methyl/N-ethyl adjacent to an activating group) is 1. The zero-order chi connectivity index (χ0) is 20.5. The Balaban J connectivity index is 1.53. The number of pyridine rings is 1. The predicted octanol–water partition coefficient (Wildman–Crippen LogP) is 3.09. The van der Waals surface area contributed by atoms with Crippen molar-refractivity contribution in [2.24, 2.45) is 5.10 Å². The Hall–Kier alpha value is -3.68. The fraction of sp³-hybridized carbons (Fsp3) is 0.190. The van der Waals surface area contributed by atoms with Gasteiger partial charge in [0.2, 0.25) is 0 Å². The molecule has 7 nitrogen and oxygen atoms in total. The summed E-state index contributed by atoms with van der Waals surface area (Å²) >= 11 is 0. The molecule has 0 atom stereocenters. The molecule has 0 fully saturated rings. The van der Waals surface area contributed by atoms with Crippen LogP contribution in [0.25, 0.3) is 0 Å². The number of amides is 1. The van der Waals surface area contributed by atoms with Crippen molar-refractivity contribution < 1.29 is 18.7 Å². The van der Waals surface area contributed by atoms with E-state index in [9.17, 15) is 4.79 Å². The summed E-state index contributed by atoms with van der Waals surface area (Å²) < 4.78 is 25.7. The van der Waals surface area contributed by atoms with Crippen LogP contribution in [0.1, 0.15) is 21.6 Å². The lowest BCUT2D eigenvalue weighted by Crippen LogP contribution is -2.33. The Bertz CT molecular complexity index is 1050. The van der Waals surface area contributed by atoms with E-state index < -0.39 is 11.7 Å². The van der Waals surface area contributed by atoms with Crippen molar-refractivity contribution in [1.82, 2.24) is 14.9 Å². The number of ether oxygens (including phenoxy) is 2. The zero-order valence-corrected chi connectivity index (χ0v) is 16.1. The number of hydrazone groups is 1. The number of benzene rings is 1. The Kier molecular flexibility index (Phi) is 4.75. The number of nitrogens with zero attached hydrogens (tertiary/aromatic N) is 4. The molecule has 0 saturated carbocycles. The highest BCUT2D eigenvalue weighted by Gasteiger charge is 2.35. The summed E-state index contributed by atoms with van der Waals surface area (Å²) in [5.74, 6) is -0.0675. The Labute approximate surface area is 167 Å². The minimum Gasteiger partial charge on any atom is -0.495 e. The van der Waals surface area contributed by atoms with E-state index in [4.69, 9.17) is 9.47 Å². The predicted molar refractivity (Wildman–Crippen MR) is 105 cm³/mol. The number of carbonyl (C=O) groups is 1. The number of hydrogen-bond donors (Lipinski definition) is 0. The van der Waals surface area contributed by atoms with E-state index >= 15 is 4.39 Å². The van der Waals surface area contributed by atoms with Crippen LogP contribution in [0.3, 0.4) is 0 Å². The highest BCUT2D eigenvalue weighted by Crippen LogP contribution is 2.32. The van der Waals surface area contributed by atoms with Gasteiger partial charge >= 0.3 is 0 Å². The van der Waals surface area contributed by atoms with Crippen LogP contribution in [0.15, 0.2) is 60.0 Å². The van der Waals surface area contributed by atoms with Crippen molar-refractivity contribution >= 4 is 11.7 Å². The topological polar surface area (TPSA) is 67.3 Å². The van der Waals surface area contributed by atoms with E-state index in [-0.39, 0.29) is 24.5 Å². The summed E-state index contributed by atoms with van der Waals surface area (Å²) in [6.07, 6.45) is 5.01. The smallest absolute Gasteiger partial charge is 0.263 e. The Morgan fingerprint density at radius 2 is 2.07 bits per heavy atom. The first kappa shape index (κ1) is 18.7. The van der Waals surface area contributed by atoms with Crippen LogP contribution in [-0.4, -0.2) is 40.8 Å². The van der Waals surface area contributed by atoms with Crippen molar-refractivity contribution in [3.8, 4) is 11.5 Å². The lowest BCUT2D eigenvalue weighted by molar-refractivity contribution is 0.0860. The molecular formula is C21H19FN4O3. The lowest BCUT2D eigenvalue weighted by atomic mass is 10.1. The first-order valence-electron chi connectivity index (χ1n) is 8.92. The second-order valence-corrected chi connectivity index (χ2v) is 6.59. The minimum absolute atomic E-state index is 0.00295. The van der Waals surface area contributed by atoms with Gasteiger partial charge in [-0.1, -0.05) is 12.6 Å². The molecule has 0 saturated heterocycles. The maximum atomic E-state index is 15.0. The second-order valence-electron chi connectivity index (χ2n) is 6.59. The van der Waals surface area contributed by atoms with Crippen LogP contribution in [-0.2, 0) is 13.2 Å². The third-order valence-electron chi connectivity index (χ3n) is 4.76. The van der Waals surface area contributed by atoms with Gasteiger partial charge in [0.25, 0.3) is 5.91 Å². The monoisotopic (exact) mass is 394 g/mol. The molecule has 0 N–H and O–H groups in total. The first-order chi connectivity index (χ1) is 14.0. The van der Waals surface area contributed by atoms with E-state index in [1.807, 2.05) is 0 Å². The highest BCUT2D eigenvalue weighted by atomic mass is 19.1. The number of methoxy groups -OCH3 is 1. The normalized spacial score (nSPS) is 15.5. The van der Waals surface area contributed by atoms with Crippen molar-refractivity contribution in [2.75, 3.05) is 14.2 Å². The molecule has 8 heteroatoms. The molecule has 0 radical (unpaired) electrons. The van der Waals surface area contributed by atoms with E-state index in [0.717, 1.165) is 0 Å². The van der Waals surface area contributed by atoms with Crippen LogP contribution in [0, 0.1) is 5.82 Å². The van der Waals surface area contributed by atoms with E-state index in [1.165, 1.54) is 11.0 Å². The Morgan fingerprint density at radius 1 is 1.24 bits per heavy atom. The minimum atomic E-state index is -0.679. The van der Waals surface area contributed by atoms with Gasteiger partial charge in [-0.25, -0.2) is 4.39 Å². The van der Waals surface area contributed by atoms with Gasteiger partial charge in [0.1, 0.15) is 12.4 Å². The third-order valence-corrected chi connectivity index (χ3v) is 4.76. The quantitative estimate of drug-likeness (QED) is 0.797. The van der Waals surface area contributed by atoms with Crippen LogP contribution in [0.4, 0.5) is 4.39 Å². The zero-order valence-electron chi connectivity index (χ0n) is 16.1. The summed E-state index contributed by atoms with van der Waals surface area (Å²) in [5, 5.41) is 5.89. The molecule has 2 aliphatic heterocycles. The number of aromatic nitrogens is 1. The molecule has 0 unspecified atom stereocenters. The molecule has 3 heterocycles. The van der Waals surface area contributed by atoms with Gasteiger partial charge in [-0.2, -0.15) is 5.10 Å². The molecule has 1 aromatic carbocycles. The average molecular weight is 394 g/mol. The van der Waals surface area contributed by atoms with E-state index in [0.29, 0.717) is 28.5 Å². The summed E-state index contributed by atoms with van der Waals surface area (Å²) in [6, 6.07) is 6.70. The molecule has 0 bridgehead atoms. The molecule has 1 aromatic heterocycles. The highest BCUT2D eigenvalue weighted by molar-refractivity contribution is 6.13. The molecular weight excluding hydrogens is 375 g/mol. The fourth-order valence-electron chi connectivity index (χ4n) is 3.08. The number of carbonyl (C=O) groups excluding carboxylic acids is 1. The van der Waals surface area contributed by atoms with E-state index in [2.05, 4.69) is 16.7 Å². The fourth-order valence-corrected chi connectivity index (χ4v) is 3.08. The van der Waals surface area contributed by atoms with Gasteiger partial charge in [0.05, 0.1) is 36.8 Å². The van der Waals surface area contributed by atoms with Gasteiger partial charge in [-0.15, -0.1) is 0 Å². The number of halogens is 1. The van der Waals surface area contributed by atoms with Crippen LogP contribution in [0.2, 0.25) is 0 Å². The van der Waals surface area contributed by atoms with Gasteiger partial charge in [0, 0.05) is 7.05 Å². The molecule has 148 valence electrons. The maximum absolute atomic E-state index is 15.0. The van der Waals surface area contributed by atoms with Crippen LogP contribution in [0.5, 0.6) is 11.5 Å². The summed E-state index contributed by atoms with van der Waals surface area (Å²) in [7, 11) is 3.29. The number of hydrogen-bond acceptors (Lipinski definition) is 6. The van der Waals surface area contributed by atoms with Gasteiger partial charge in [-0.05, 0) is 35.9 Å². The van der Waals surface area contributed by atoms with Gasteiger partial charge < -0.3 is 9.47 Å². The maximum Gasteiger partial charge on any atom is 0.263 e. The second kappa shape index (κ2) is 7.38. The summed E-state index contributed by atoms with van der Waals surface area (Å²) in [4.78, 5) is 18.5. The summed E-state index contributed by atoms with van der Waals surface area (Å²) in [5.41, 5.74) is 1.91. The van der Waals surface area contributed by atoms with Crippen LogP contribution >= 0.6 is 0 Å². The number of allylic oxidation sites excluding steroid dienone is 1. The van der Waals surface area contributed by atoms with Crippen LogP contribution < -0.4 is 9.47 Å². The SMILES string of the molecule is C=C1C=CC(N2Cc3ccc(OCc4ccc(OC)cn4)c(F)c3C2=O)=NN1C. The standard InChI is InChI=1S/C21H19FN4O3/c1-13-4-9-18(24-25(13)2)26-11-14-5-8-17(20(22)19(14)21(26)27)29-12-15-6-7-16(28-3)10-23-15/h4-10H,1,11-12H2,2-3H3. The summed E-state index contributed by atoms with van der Waals surface area (Å²) in [6.45, 7) is 4.15. The molecule has 2 aliphatic rings. The molecule has 0 spiro atoms. The number of amidine groups is 1. The van der Waals surface area contributed by atoms with Crippen molar-refractivity contribution in [2.45, 2.75) is 13.2 Å². The largest absolute Gasteiger partial charge is 0.495 e. The Morgan fingerprint density at radius 3 is 2.76 bits per heavy atom. The molecule has 0 aliphatic carbocycles. The van der Waals surface area contributed by atoms with Gasteiger partial charge in [0.15, 0.2) is 17.4 Å².